The maximum atomic E-state index is 12.7. The summed E-state index contributed by atoms with van der Waals surface area (Å²) in [5.74, 6) is -0.455. The van der Waals surface area contributed by atoms with Crippen molar-refractivity contribution in [1.29, 1.82) is 0 Å². The Morgan fingerprint density at radius 3 is 2.56 bits per heavy atom. The highest BCUT2D eigenvalue weighted by molar-refractivity contribution is 5.97. The van der Waals surface area contributed by atoms with E-state index in [9.17, 15) is 9.59 Å². The summed E-state index contributed by atoms with van der Waals surface area (Å²) in [6.07, 6.45) is 4.45. The molecule has 2 heterocycles. The van der Waals surface area contributed by atoms with Crippen LogP contribution in [0.2, 0.25) is 0 Å². The fraction of sp³-hybridized carbons (Fsp3) is 0.316. The van der Waals surface area contributed by atoms with Gasteiger partial charge >= 0.3 is 0 Å². The zero-order valence-electron chi connectivity index (χ0n) is 14.8. The number of aromatic nitrogens is 1. The first-order valence-electron chi connectivity index (χ1n) is 8.48. The number of rotatable bonds is 6. The van der Waals surface area contributed by atoms with Gasteiger partial charge in [0, 0.05) is 31.4 Å². The van der Waals surface area contributed by atoms with Gasteiger partial charge in [-0.25, -0.2) is 0 Å². The van der Waals surface area contributed by atoms with Gasteiger partial charge in [-0.15, -0.1) is 24.8 Å². The van der Waals surface area contributed by atoms with Crippen LogP contribution in [0.4, 0.5) is 0 Å². The van der Waals surface area contributed by atoms with Crippen LogP contribution in [0, 0.1) is 0 Å². The molecule has 1 aliphatic rings. The van der Waals surface area contributed by atoms with Crippen molar-refractivity contribution >= 4 is 36.6 Å². The number of amides is 2. The number of hydrogen-bond acceptors (Lipinski definition) is 4. The molecule has 0 radical (unpaired) electrons. The molecule has 1 aromatic heterocycles. The first-order valence-corrected chi connectivity index (χ1v) is 8.48. The standard InChI is InChI=1S/C19H22N4O2.2ClH/c24-18(15-7-4-9-20-12-15)23-17(11-14-5-2-1-3-6-14)19(25)22-16-8-10-21-13-16;;/h1-7,9,12,16-17,21H,8,10-11,13H2,(H,22,25)(H,23,24);2*1H. The molecule has 0 bridgehead atoms. The SMILES string of the molecule is Cl.Cl.O=C(NC(Cc1ccccc1)C(=O)NC1CCNC1)c1cccnc1. The largest absolute Gasteiger partial charge is 0.350 e. The molecule has 2 amide bonds. The summed E-state index contributed by atoms with van der Waals surface area (Å²) in [5, 5.41) is 9.09. The zero-order valence-corrected chi connectivity index (χ0v) is 16.4. The molecule has 2 unspecified atom stereocenters. The van der Waals surface area contributed by atoms with Crippen LogP contribution in [0.3, 0.4) is 0 Å². The van der Waals surface area contributed by atoms with Gasteiger partial charge in [0.1, 0.15) is 6.04 Å². The molecule has 0 aliphatic carbocycles. The molecule has 1 aliphatic heterocycles. The van der Waals surface area contributed by atoms with Crippen molar-refractivity contribution in [3.63, 3.8) is 0 Å². The predicted molar refractivity (Wildman–Crippen MR) is 110 cm³/mol. The molecule has 6 nitrogen and oxygen atoms in total. The normalized spacial score (nSPS) is 16.4. The smallest absolute Gasteiger partial charge is 0.253 e. The quantitative estimate of drug-likeness (QED) is 0.677. The van der Waals surface area contributed by atoms with Gasteiger partial charge in [0.2, 0.25) is 5.91 Å². The van der Waals surface area contributed by atoms with Crippen LogP contribution in [0.5, 0.6) is 0 Å². The van der Waals surface area contributed by atoms with E-state index in [0.29, 0.717) is 12.0 Å². The van der Waals surface area contributed by atoms with Crippen molar-refractivity contribution in [3.05, 3.63) is 66.0 Å². The molecule has 2 atom stereocenters. The van der Waals surface area contributed by atoms with Crippen LogP contribution in [0.25, 0.3) is 0 Å². The van der Waals surface area contributed by atoms with Gasteiger partial charge in [0.25, 0.3) is 5.91 Å². The summed E-state index contributed by atoms with van der Waals surface area (Å²) in [5.41, 5.74) is 1.44. The van der Waals surface area contributed by atoms with Gasteiger partial charge in [-0.05, 0) is 30.7 Å². The van der Waals surface area contributed by atoms with Crippen LogP contribution in [0.15, 0.2) is 54.9 Å². The van der Waals surface area contributed by atoms with Gasteiger partial charge in [-0.3, -0.25) is 14.6 Å². The Morgan fingerprint density at radius 1 is 1.15 bits per heavy atom. The number of benzene rings is 1. The van der Waals surface area contributed by atoms with E-state index in [2.05, 4.69) is 20.9 Å². The van der Waals surface area contributed by atoms with Gasteiger partial charge in [-0.1, -0.05) is 30.3 Å². The van der Waals surface area contributed by atoms with Crippen molar-refractivity contribution in [2.75, 3.05) is 13.1 Å². The summed E-state index contributed by atoms with van der Waals surface area (Å²) in [6, 6.07) is 12.5. The highest BCUT2D eigenvalue weighted by Gasteiger charge is 2.25. The van der Waals surface area contributed by atoms with E-state index >= 15 is 0 Å². The molecule has 146 valence electrons. The summed E-state index contributed by atoms with van der Waals surface area (Å²) in [4.78, 5) is 29.1. The Morgan fingerprint density at radius 2 is 1.93 bits per heavy atom. The van der Waals surface area contributed by atoms with Gasteiger partial charge in [0.15, 0.2) is 0 Å². The van der Waals surface area contributed by atoms with E-state index in [4.69, 9.17) is 0 Å². The number of halogens is 2. The monoisotopic (exact) mass is 410 g/mol. The second kappa shape index (κ2) is 11.5. The highest BCUT2D eigenvalue weighted by atomic mass is 35.5. The first-order chi connectivity index (χ1) is 12.2. The predicted octanol–water partition coefficient (Wildman–Crippen LogP) is 1.74. The number of pyridine rings is 1. The van der Waals surface area contributed by atoms with Crippen molar-refractivity contribution < 1.29 is 9.59 Å². The topological polar surface area (TPSA) is 83.1 Å². The lowest BCUT2D eigenvalue weighted by molar-refractivity contribution is -0.123. The number of nitrogens with zero attached hydrogens (tertiary/aromatic N) is 1. The Balaban J connectivity index is 0.00000182. The second-order valence-electron chi connectivity index (χ2n) is 6.16. The maximum Gasteiger partial charge on any atom is 0.253 e. The Kier molecular flexibility index (Phi) is 9.78. The minimum atomic E-state index is -0.629. The van der Waals surface area contributed by atoms with Crippen molar-refractivity contribution in [2.24, 2.45) is 0 Å². The van der Waals surface area contributed by atoms with E-state index < -0.39 is 6.04 Å². The summed E-state index contributed by atoms with van der Waals surface area (Å²) >= 11 is 0. The third-order valence-electron chi connectivity index (χ3n) is 4.23. The molecule has 3 N–H and O–H groups in total. The lowest BCUT2D eigenvalue weighted by Gasteiger charge is -2.21. The molecule has 1 aromatic carbocycles. The lowest BCUT2D eigenvalue weighted by Crippen LogP contribution is -2.51. The third-order valence-corrected chi connectivity index (χ3v) is 4.23. The molecule has 2 aromatic rings. The lowest BCUT2D eigenvalue weighted by atomic mass is 10.0. The molecular formula is C19H24Cl2N4O2. The van der Waals surface area contributed by atoms with E-state index in [1.807, 2.05) is 30.3 Å². The van der Waals surface area contributed by atoms with Crippen LogP contribution < -0.4 is 16.0 Å². The number of nitrogens with one attached hydrogen (secondary N) is 3. The number of carbonyl (C=O) groups excluding carboxylic acids is 2. The Hall–Kier alpha value is -2.15. The van der Waals surface area contributed by atoms with Gasteiger partial charge in [0.05, 0.1) is 5.56 Å². The third kappa shape index (κ3) is 6.82. The molecule has 3 rings (SSSR count). The van der Waals surface area contributed by atoms with Gasteiger partial charge < -0.3 is 16.0 Å². The van der Waals surface area contributed by atoms with Crippen LogP contribution in [-0.4, -0.2) is 42.0 Å². The minimum Gasteiger partial charge on any atom is -0.350 e. The number of carbonyl (C=O) groups is 2. The van der Waals surface area contributed by atoms with E-state index in [1.54, 1.807) is 18.3 Å². The Bertz CT molecular complexity index is 710. The Labute approximate surface area is 171 Å². The fourth-order valence-corrected chi connectivity index (χ4v) is 2.88. The maximum absolute atomic E-state index is 12.7. The van der Waals surface area contributed by atoms with Crippen molar-refractivity contribution in [3.8, 4) is 0 Å². The summed E-state index contributed by atoms with van der Waals surface area (Å²) in [6.45, 7) is 1.66. The minimum absolute atomic E-state index is 0. The molecular weight excluding hydrogens is 387 g/mol. The molecule has 1 saturated heterocycles. The number of hydrogen-bond donors (Lipinski definition) is 3. The van der Waals surface area contributed by atoms with Crippen molar-refractivity contribution in [1.82, 2.24) is 20.9 Å². The second-order valence-corrected chi connectivity index (χ2v) is 6.16. The van der Waals surface area contributed by atoms with Crippen LogP contribution >= 0.6 is 24.8 Å². The molecule has 0 spiro atoms. The zero-order chi connectivity index (χ0) is 17.5. The molecule has 0 saturated carbocycles. The molecule has 1 fully saturated rings. The average molecular weight is 411 g/mol. The van der Waals surface area contributed by atoms with Crippen LogP contribution in [0.1, 0.15) is 22.3 Å². The average Bonchev–Trinajstić information content (AvgIpc) is 3.15. The summed E-state index contributed by atoms with van der Waals surface area (Å²) < 4.78 is 0. The summed E-state index contributed by atoms with van der Waals surface area (Å²) in [7, 11) is 0. The van der Waals surface area contributed by atoms with E-state index in [-0.39, 0.29) is 42.7 Å². The van der Waals surface area contributed by atoms with E-state index in [0.717, 1.165) is 25.1 Å². The molecule has 8 heteroatoms. The van der Waals surface area contributed by atoms with Crippen LogP contribution in [-0.2, 0) is 11.2 Å². The van der Waals surface area contributed by atoms with E-state index in [1.165, 1.54) is 6.20 Å². The highest BCUT2D eigenvalue weighted by Crippen LogP contribution is 2.07. The molecule has 27 heavy (non-hydrogen) atoms. The van der Waals surface area contributed by atoms with Crippen molar-refractivity contribution in [2.45, 2.75) is 24.9 Å². The fourth-order valence-electron chi connectivity index (χ4n) is 2.88. The first kappa shape index (κ1) is 22.9. The van der Waals surface area contributed by atoms with Gasteiger partial charge in [-0.2, -0.15) is 0 Å².